The number of unbranched alkanes of at least 4 members (excludes halogenated alkanes) is 6. The summed E-state index contributed by atoms with van der Waals surface area (Å²) in [5, 5.41) is 0. The lowest BCUT2D eigenvalue weighted by molar-refractivity contribution is 0.483. The molecule has 0 aromatic heterocycles. The fourth-order valence-corrected chi connectivity index (χ4v) is 1.69. The molecule has 0 saturated carbocycles. The molecule has 0 heterocycles. The highest BCUT2D eigenvalue weighted by atomic mass is 35.5. The van der Waals surface area contributed by atoms with E-state index >= 15 is 0 Å². The SMILES string of the molecule is CCCCCCCCCC(N)(Cl)CC. The van der Waals surface area contributed by atoms with Gasteiger partial charge in [0.2, 0.25) is 0 Å². The van der Waals surface area contributed by atoms with Gasteiger partial charge in [-0.2, -0.15) is 0 Å². The third-order valence-corrected chi connectivity index (χ3v) is 3.24. The van der Waals surface area contributed by atoms with Gasteiger partial charge in [0.25, 0.3) is 0 Å². The quantitative estimate of drug-likeness (QED) is 0.347. The molecule has 0 bridgehead atoms. The predicted molar refractivity (Wildman–Crippen MR) is 65.7 cm³/mol. The maximum atomic E-state index is 6.06. The molecule has 0 aliphatic carbocycles. The van der Waals surface area contributed by atoms with Gasteiger partial charge >= 0.3 is 0 Å². The molecule has 86 valence electrons. The van der Waals surface area contributed by atoms with Gasteiger partial charge in [-0.25, -0.2) is 0 Å². The van der Waals surface area contributed by atoms with Crippen molar-refractivity contribution in [3.8, 4) is 0 Å². The van der Waals surface area contributed by atoms with E-state index in [1.54, 1.807) is 0 Å². The van der Waals surface area contributed by atoms with E-state index in [9.17, 15) is 0 Å². The standard InChI is InChI=1S/C12H26ClN/c1-3-5-6-7-8-9-10-11-12(13,14)4-2/h3-11,14H2,1-2H3. The molecule has 2 N–H and O–H groups in total. The lowest BCUT2D eigenvalue weighted by Gasteiger charge is -2.19. The summed E-state index contributed by atoms with van der Waals surface area (Å²) in [6.45, 7) is 4.30. The van der Waals surface area contributed by atoms with Crippen molar-refractivity contribution in [3.63, 3.8) is 0 Å². The van der Waals surface area contributed by atoms with Crippen molar-refractivity contribution in [2.45, 2.75) is 76.6 Å². The molecule has 0 aliphatic rings. The zero-order chi connectivity index (χ0) is 10.9. The number of halogens is 1. The molecule has 2 heteroatoms. The molecular formula is C12H26ClN. The highest BCUT2D eigenvalue weighted by Crippen LogP contribution is 2.20. The maximum absolute atomic E-state index is 6.06. The molecule has 14 heavy (non-hydrogen) atoms. The van der Waals surface area contributed by atoms with Gasteiger partial charge in [0.15, 0.2) is 0 Å². The molecule has 0 aromatic rings. The van der Waals surface area contributed by atoms with Crippen LogP contribution in [0, 0.1) is 0 Å². The molecule has 0 spiro atoms. The van der Waals surface area contributed by atoms with Crippen LogP contribution in [0.2, 0.25) is 0 Å². The van der Waals surface area contributed by atoms with Gasteiger partial charge in [0.1, 0.15) is 0 Å². The number of alkyl halides is 1. The lowest BCUT2D eigenvalue weighted by atomic mass is 10.0. The van der Waals surface area contributed by atoms with Crippen molar-refractivity contribution in [2.75, 3.05) is 0 Å². The summed E-state index contributed by atoms with van der Waals surface area (Å²) in [5.41, 5.74) is 5.84. The van der Waals surface area contributed by atoms with Gasteiger partial charge in [-0.15, -0.1) is 11.6 Å². The van der Waals surface area contributed by atoms with Crippen LogP contribution in [-0.2, 0) is 0 Å². The van der Waals surface area contributed by atoms with E-state index < -0.39 is 5.00 Å². The number of hydrogen-bond acceptors (Lipinski definition) is 1. The second kappa shape index (κ2) is 8.55. The third kappa shape index (κ3) is 8.83. The van der Waals surface area contributed by atoms with Crippen molar-refractivity contribution in [3.05, 3.63) is 0 Å². The van der Waals surface area contributed by atoms with Gasteiger partial charge < -0.3 is 5.73 Å². The molecular weight excluding hydrogens is 194 g/mol. The van der Waals surface area contributed by atoms with Crippen LogP contribution < -0.4 is 5.73 Å². The summed E-state index contributed by atoms with van der Waals surface area (Å²) in [6, 6.07) is 0. The minimum absolute atomic E-state index is 0.441. The van der Waals surface area contributed by atoms with E-state index in [4.69, 9.17) is 17.3 Å². The fourth-order valence-electron chi connectivity index (χ4n) is 1.55. The lowest BCUT2D eigenvalue weighted by Crippen LogP contribution is -2.31. The Hall–Kier alpha value is 0.250. The first kappa shape index (κ1) is 14.2. The Morgan fingerprint density at radius 3 is 1.93 bits per heavy atom. The smallest absolute Gasteiger partial charge is 0.0908 e. The number of rotatable bonds is 9. The normalized spacial score (nSPS) is 15.4. The molecule has 1 unspecified atom stereocenters. The molecule has 0 aliphatic heterocycles. The first-order valence-corrected chi connectivity index (χ1v) is 6.48. The van der Waals surface area contributed by atoms with Crippen LogP contribution in [0.5, 0.6) is 0 Å². The Kier molecular flexibility index (Phi) is 8.70. The molecule has 0 rings (SSSR count). The van der Waals surface area contributed by atoms with Crippen LogP contribution in [0.4, 0.5) is 0 Å². The second-order valence-electron chi connectivity index (χ2n) is 4.26. The van der Waals surface area contributed by atoms with E-state index in [0.29, 0.717) is 0 Å². The summed E-state index contributed by atoms with van der Waals surface area (Å²) in [4.78, 5) is -0.441. The topological polar surface area (TPSA) is 26.0 Å². The summed E-state index contributed by atoms with van der Waals surface area (Å²) in [6.07, 6.45) is 11.1. The van der Waals surface area contributed by atoms with Crippen LogP contribution in [0.3, 0.4) is 0 Å². The van der Waals surface area contributed by atoms with Crippen molar-refractivity contribution in [1.29, 1.82) is 0 Å². The Labute approximate surface area is 94.4 Å². The summed E-state index contributed by atoms with van der Waals surface area (Å²) in [7, 11) is 0. The zero-order valence-electron chi connectivity index (χ0n) is 9.82. The molecule has 0 amide bonds. The van der Waals surface area contributed by atoms with Gasteiger partial charge in [-0.1, -0.05) is 58.8 Å². The van der Waals surface area contributed by atoms with Crippen molar-refractivity contribution < 1.29 is 0 Å². The molecule has 0 saturated heterocycles. The van der Waals surface area contributed by atoms with E-state index in [0.717, 1.165) is 12.8 Å². The largest absolute Gasteiger partial charge is 0.313 e. The summed E-state index contributed by atoms with van der Waals surface area (Å²) >= 11 is 6.06. The van der Waals surface area contributed by atoms with E-state index in [1.165, 1.54) is 44.9 Å². The van der Waals surface area contributed by atoms with Gasteiger partial charge in [0.05, 0.1) is 5.00 Å². The second-order valence-corrected chi connectivity index (χ2v) is 5.01. The first-order valence-electron chi connectivity index (χ1n) is 6.10. The van der Waals surface area contributed by atoms with Crippen LogP contribution in [0.25, 0.3) is 0 Å². The van der Waals surface area contributed by atoms with E-state index in [1.807, 2.05) is 6.92 Å². The minimum atomic E-state index is -0.441. The number of nitrogens with two attached hydrogens (primary N) is 1. The Morgan fingerprint density at radius 1 is 0.929 bits per heavy atom. The first-order chi connectivity index (χ1) is 6.62. The predicted octanol–water partition coefficient (Wildman–Crippen LogP) is 4.43. The Morgan fingerprint density at radius 2 is 1.43 bits per heavy atom. The van der Waals surface area contributed by atoms with Gasteiger partial charge in [-0.05, 0) is 12.8 Å². The van der Waals surface area contributed by atoms with Crippen LogP contribution in [0.1, 0.15) is 71.6 Å². The van der Waals surface area contributed by atoms with Gasteiger partial charge in [0, 0.05) is 0 Å². The average molecular weight is 220 g/mol. The molecule has 0 radical (unpaired) electrons. The summed E-state index contributed by atoms with van der Waals surface area (Å²) < 4.78 is 0. The fraction of sp³-hybridized carbons (Fsp3) is 1.00. The molecule has 0 aromatic carbocycles. The highest BCUT2D eigenvalue weighted by molar-refractivity contribution is 6.23. The van der Waals surface area contributed by atoms with Crippen LogP contribution >= 0.6 is 11.6 Å². The van der Waals surface area contributed by atoms with Crippen molar-refractivity contribution in [1.82, 2.24) is 0 Å². The van der Waals surface area contributed by atoms with Crippen LogP contribution in [0.15, 0.2) is 0 Å². The monoisotopic (exact) mass is 219 g/mol. The molecule has 1 atom stereocenters. The number of hydrogen-bond donors (Lipinski definition) is 1. The zero-order valence-corrected chi connectivity index (χ0v) is 10.6. The van der Waals surface area contributed by atoms with E-state index in [2.05, 4.69) is 6.92 Å². The molecule has 0 fully saturated rings. The van der Waals surface area contributed by atoms with Crippen molar-refractivity contribution in [2.24, 2.45) is 5.73 Å². The highest BCUT2D eigenvalue weighted by Gasteiger charge is 2.16. The minimum Gasteiger partial charge on any atom is -0.313 e. The summed E-state index contributed by atoms with van der Waals surface area (Å²) in [5.74, 6) is 0. The Balaban J connectivity index is 3.13. The molecule has 1 nitrogen and oxygen atoms in total. The van der Waals surface area contributed by atoms with Crippen molar-refractivity contribution >= 4 is 11.6 Å². The maximum Gasteiger partial charge on any atom is 0.0908 e. The average Bonchev–Trinajstić information content (AvgIpc) is 2.16. The van der Waals surface area contributed by atoms with Gasteiger partial charge in [-0.3, -0.25) is 0 Å². The Bertz CT molecular complexity index is 123. The van der Waals surface area contributed by atoms with Crippen LogP contribution in [-0.4, -0.2) is 5.00 Å². The van der Waals surface area contributed by atoms with E-state index in [-0.39, 0.29) is 0 Å². The third-order valence-electron chi connectivity index (χ3n) is 2.78.